The Morgan fingerprint density at radius 1 is 1.06 bits per heavy atom. The van der Waals surface area contributed by atoms with Gasteiger partial charge in [0.2, 0.25) is 12.4 Å². The van der Waals surface area contributed by atoms with Crippen LogP contribution in [-0.2, 0) is 0 Å². The van der Waals surface area contributed by atoms with E-state index in [2.05, 4.69) is 41.5 Å². The van der Waals surface area contributed by atoms with Gasteiger partial charge in [0.05, 0.1) is 11.4 Å². The molecule has 0 aromatic carbocycles. The molecule has 4 heteroatoms. The van der Waals surface area contributed by atoms with Crippen molar-refractivity contribution in [3.63, 3.8) is 0 Å². The summed E-state index contributed by atoms with van der Waals surface area (Å²) in [5, 5.41) is 9.50. The van der Waals surface area contributed by atoms with E-state index in [0.29, 0.717) is 0 Å². The van der Waals surface area contributed by atoms with Crippen LogP contribution in [0.4, 0.5) is 0 Å². The van der Waals surface area contributed by atoms with Crippen LogP contribution in [0.15, 0.2) is 21.9 Å². The van der Waals surface area contributed by atoms with Crippen molar-refractivity contribution in [1.82, 2.24) is 0 Å². The van der Waals surface area contributed by atoms with Crippen molar-refractivity contribution in [2.75, 3.05) is 0 Å². The molecule has 0 aromatic rings. The van der Waals surface area contributed by atoms with E-state index in [0.717, 1.165) is 21.9 Å². The van der Waals surface area contributed by atoms with Gasteiger partial charge in [0.1, 0.15) is 5.70 Å². The fourth-order valence-electron chi connectivity index (χ4n) is 2.12. The Bertz CT molecular complexity index is 496. The minimum atomic E-state index is -0.143. The van der Waals surface area contributed by atoms with Crippen molar-refractivity contribution in [2.45, 2.75) is 47.6 Å². The van der Waals surface area contributed by atoms with Crippen LogP contribution >= 0.6 is 0 Å². The highest BCUT2D eigenvalue weighted by Gasteiger charge is 2.39. The molecule has 0 bridgehead atoms. The minimum absolute atomic E-state index is 0.0473. The molecule has 0 saturated heterocycles. The molecule has 0 spiro atoms. The van der Waals surface area contributed by atoms with Crippen molar-refractivity contribution >= 4 is 17.6 Å². The molecule has 0 radical (unpaired) electrons. The second-order valence-corrected chi connectivity index (χ2v) is 6.97. The first-order valence-corrected chi connectivity index (χ1v) is 6.31. The molecule has 1 N–H and O–H groups in total. The molecule has 2 aliphatic heterocycles. The van der Waals surface area contributed by atoms with Crippen LogP contribution < -0.4 is 0 Å². The first-order chi connectivity index (χ1) is 8.09. The standard InChI is InChI=1S/C14H22N3O/c1-13(2,3)11-12(14(4,5)6)16-10-8-17(18)7-9(10)15-11/h7-9,18H,1-6H3/q+1. The molecular weight excluding hydrogens is 226 g/mol. The summed E-state index contributed by atoms with van der Waals surface area (Å²) in [6.45, 7) is 12.9. The van der Waals surface area contributed by atoms with E-state index in [9.17, 15) is 5.21 Å². The summed E-state index contributed by atoms with van der Waals surface area (Å²) < 4.78 is 1.05. The summed E-state index contributed by atoms with van der Waals surface area (Å²) in [6, 6.07) is -0.143. The van der Waals surface area contributed by atoms with Crippen LogP contribution in [0.25, 0.3) is 0 Å². The molecule has 2 aliphatic rings. The Labute approximate surface area is 108 Å². The third kappa shape index (κ3) is 2.24. The van der Waals surface area contributed by atoms with Crippen molar-refractivity contribution in [2.24, 2.45) is 20.8 Å². The van der Waals surface area contributed by atoms with Crippen LogP contribution in [0.1, 0.15) is 41.5 Å². The Morgan fingerprint density at radius 2 is 1.61 bits per heavy atom. The summed E-state index contributed by atoms with van der Waals surface area (Å²) in [5.41, 5.74) is 2.76. The number of fused-ring (bicyclic) bond motifs is 1. The van der Waals surface area contributed by atoms with Gasteiger partial charge in [-0.25, -0.2) is 4.99 Å². The Morgan fingerprint density at radius 3 is 2.11 bits per heavy atom. The second-order valence-electron chi connectivity index (χ2n) is 6.97. The smallest absolute Gasteiger partial charge is 0.246 e. The van der Waals surface area contributed by atoms with Gasteiger partial charge in [-0.3, -0.25) is 10.2 Å². The number of nitrogens with zero attached hydrogens (tertiary/aromatic N) is 3. The Balaban J connectivity index is 2.54. The zero-order chi connectivity index (χ0) is 13.7. The minimum Gasteiger partial charge on any atom is -0.285 e. The highest BCUT2D eigenvalue weighted by Crippen LogP contribution is 2.32. The van der Waals surface area contributed by atoms with Crippen molar-refractivity contribution in [1.29, 1.82) is 0 Å². The maximum atomic E-state index is 9.50. The van der Waals surface area contributed by atoms with E-state index in [-0.39, 0.29) is 16.9 Å². The second kappa shape index (κ2) is 3.77. The number of hydrogen-bond acceptors (Lipinski definition) is 3. The highest BCUT2D eigenvalue weighted by atomic mass is 16.5. The predicted molar refractivity (Wildman–Crippen MR) is 73.8 cm³/mol. The third-order valence-electron chi connectivity index (χ3n) is 3.02. The first-order valence-electron chi connectivity index (χ1n) is 6.31. The lowest BCUT2D eigenvalue weighted by Gasteiger charge is -2.33. The number of hydroxylamine groups is 1. The van der Waals surface area contributed by atoms with Gasteiger partial charge in [-0.05, 0) is 0 Å². The number of rotatable bonds is 0. The maximum absolute atomic E-state index is 9.50. The number of hydrogen-bond donors (Lipinski definition) is 1. The van der Waals surface area contributed by atoms with Gasteiger partial charge in [-0.15, -0.1) is 0 Å². The normalized spacial score (nSPS) is 24.0. The molecule has 1 unspecified atom stereocenters. The zero-order valence-electron chi connectivity index (χ0n) is 12.0. The molecular formula is C14H22N3O+. The molecule has 98 valence electrons. The van der Waals surface area contributed by atoms with Crippen molar-refractivity contribution in [3.8, 4) is 0 Å². The summed E-state index contributed by atoms with van der Waals surface area (Å²) >= 11 is 0. The van der Waals surface area contributed by atoms with Crippen LogP contribution in [0.3, 0.4) is 0 Å². The van der Waals surface area contributed by atoms with Gasteiger partial charge in [-0.2, -0.15) is 0 Å². The predicted octanol–water partition coefficient (Wildman–Crippen LogP) is 2.67. The van der Waals surface area contributed by atoms with Crippen LogP contribution in [0.5, 0.6) is 0 Å². The van der Waals surface area contributed by atoms with E-state index >= 15 is 0 Å². The summed E-state index contributed by atoms with van der Waals surface area (Å²) in [5.74, 6) is 0. The lowest BCUT2D eigenvalue weighted by atomic mass is 9.76. The Hall–Kier alpha value is -1.45. The molecule has 0 aromatic heterocycles. The average Bonchev–Trinajstić information content (AvgIpc) is 2.52. The van der Waals surface area contributed by atoms with Gasteiger partial charge < -0.3 is 0 Å². The fourth-order valence-corrected chi connectivity index (χ4v) is 2.12. The van der Waals surface area contributed by atoms with Gasteiger partial charge in [0.25, 0.3) is 0 Å². The SMILES string of the molecule is CC(C)(C)C1=NC2=C[N+](O)=CC2N=C1C(C)(C)C. The summed E-state index contributed by atoms with van der Waals surface area (Å²) in [4.78, 5) is 9.50. The molecule has 0 amide bonds. The summed E-state index contributed by atoms with van der Waals surface area (Å²) in [7, 11) is 0. The van der Waals surface area contributed by atoms with E-state index < -0.39 is 0 Å². The van der Waals surface area contributed by atoms with E-state index in [4.69, 9.17) is 9.98 Å². The van der Waals surface area contributed by atoms with Gasteiger partial charge in [0, 0.05) is 15.6 Å². The lowest BCUT2D eigenvalue weighted by Crippen LogP contribution is -2.40. The third-order valence-corrected chi connectivity index (χ3v) is 3.02. The van der Waals surface area contributed by atoms with Crippen molar-refractivity contribution < 1.29 is 9.95 Å². The largest absolute Gasteiger partial charge is 0.285 e. The van der Waals surface area contributed by atoms with Gasteiger partial charge in [0.15, 0.2) is 6.04 Å². The van der Waals surface area contributed by atoms with E-state index in [1.807, 2.05) is 0 Å². The van der Waals surface area contributed by atoms with Crippen molar-refractivity contribution in [3.05, 3.63) is 11.9 Å². The molecule has 0 fully saturated rings. The average molecular weight is 248 g/mol. The molecule has 0 saturated carbocycles. The zero-order valence-corrected chi connectivity index (χ0v) is 12.0. The molecule has 18 heavy (non-hydrogen) atoms. The first kappa shape index (κ1) is 13.0. The molecule has 4 nitrogen and oxygen atoms in total. The maximum Gasteiger partial charge on any atom is 0.246 e. The number of aliphatic imine (C=N–C) groups is 2. The fraction of sp³-hybridized carbons (Fsp3) is 0.643. The van der Waals surface area contributed by atoms with Gasteiger partial charge >= 0.3 is 0 Å². The molecule has 2 rings (SSSR count). The van der Waals surface area contributed by atoms with Crippen LogP contribution in [0.2, 0.25) is 0 Å². The topological polar surface area (TPSA) is 48.0 Å². The summed E-state index contributed by atoms with van der Waals surface area (Å²) in [6.07, 6.45) is 3.30. The van der Waals surface area contributed by atoms with E-state index in [1.54, 1.807) is 12.4 Å². The Kier molecular flexibility index (Phi) is 2.72. The monoisotopic (exact) mass is 248 g/mol. The lowest BCUT2D eigenvalue weighted by molar-refractivity contribution is -0.720. The van der Waals surface area contributed by atoms with Crippen LogP contribution in [0, 0.1) is 10.8 Å². The van der Waals surface area contributed by atoms with E-state index in [1.165, 1.54) is 0 Å². The molecule has 0 aliphatic carbocycles. The molecule has 2 heterocycles. The quantitative estimate of drug-likeness (QED) is 0.520. The molecule has 1 atom stereocenters. The van der Waals surface area contributed by atoms with Crippen LogP contribution in [-0.4, -0.2) is 33.6 Å². The highest BCUT2D eigenvalue weighted by molar-refractivity contribution is 6.46. The van der Waals surface area contributed by atoms with Gasteiger partial charge in [-0.1, -0.05) is 41.5 Å².